The lowest BCUT2D eigenvalue weighted by molar-refractivity contribution is -0.573. The molecule has 0 saturated carbocycles. The van der Waals surface area contributed by atoms with Gasteiger partial charge in [-0.15, -0.1) is 0 Å². The van der Waals surface area contributed by atoms with Gasteiger partial charge in [-0.25, -0.2) is 0 Å². The smallest absolute Gasteiger partial charge is 0.263 e. The fourth-order valence-electron chi connectivity index (χ4n) is 2.19. The minimum absolute atomic E-state index is 0.154. The summed E-state index contributed by atoms with van der Waals surface area (Å²) in [6.07, 6.45) is 1.06. The number of hydrogen-bond donors (Lipinski definition) is 0. The van der Waals surface area contributed by atoms with Crippen molar-refractivity contribution in [3.05, 3.63) is 89.8 Å². The average molecular weight is 291 g/mol. The number of allylic oxidation sites excluding steroid dienone is 1. The zero-order valence-electron chi connectivity index (χ0n) is 10.5. The summed E-state index contributed by atoms with van der Waals surface area (Å²) >= 11 is 0. The zero-order valence-corrected chi connectivity index (χ0v) is 10.5. The lowest BCUT2D eigenvalue weighted by atomic mass is 9.82. The molecule has 0 spiro atoms. The Morgan fingerprint density at radius 3 is 2.05 bits per heavy atom. The van der Waals surface area contributed by atoms with Gasteiger partial charge in [0.2, 0.25) is 0 Å². The number of rotatable bonds is 4. The summed E-state index contributed by atoms with van der Waals surface area (Å²) in [7, 11) is 0. The molecule has 0 heterocycles. The monoisotopic (exact) mass is 291 g/mol. The predicted octanol–water partition coefficient (Wildman–Crippen LogP) is 1.88. The maximum absolute atomic E-state index is 11.5. The molecule has 1 unspecified atom stereocenters. The maximum atomic E-state index is 11.5. The molecule has 1 atom stereocenters. The first-order chi connectivity index (χ1) is 9.86. The quantitative estimate of drug-likeness (QED) is 0.615. The Morgan fingerprint density at radius 1 is 0.952 bits per heavy atom. The van der Waals surface area contributed by atoms with Crippen LogP contribution in [0.4, 0.5) is 0 Å². The van der Waals surface area contributed by atoms with Crippen LogP contribution in [0.3, 0.4) is 0 Å². The first kappa shape index (κ1) is 14.3. The van der Waals surface area contributed by atoms with E-state index in [1.54, 1.807) is 6.07 Å². The molecule has 1 aromatic carbocycles. The van der Waals surface area contributed by atoms with Gasteiger partial charge in [0, 0.05) is 10.5 Å². The van der Waals surface area contributed by atoms with Gasteiger partial charge in [-0.3, -0.25) is 30.3 Å². The Hall–Kier alpha value is -3.10. The van der Waals surface area contributed by atoms with E-state index in [4.69, 9.17) is 0 Å². The highest BCUT2D eigenvalue weighted by molar-refractivity contribution is 5.35. The second kappa shape index (κ2) is 5.12. The second-order valence-electron chi connectivity index (χ2n) is 4.44. The molecule has 2 rings (SSSR count). The highest BCUT2D eigenvalue weighted by Crippen LogP contribution is 2.38. The number of nitro groups is 3. The molecule has 21 heavy (non-hydrogen) atoms. The molecule has 0 N–H and O–H groups in total. The van der Waals surface area contributed by atoms with Crippen molar-refractivity contribution in [2.24, 2.45) is 0 Å². The van der Waals surface area contributed by atoms with Crippen molar-refractivity contribution < 1.29 is 14.8 Å². The molecule has 0 fully saturated rings. The molecule has 9 heteroatoms. The van der Waals surface area contributed by atoms with Crippen molar-refractivity contribution in [1.29, 1.82) is 0 Å². The Bertz CT molecular complexity index is 681. The minimum Gasteiger partial charge on any atom is -0.263 e. The van der Waals surface area contributed by atoms with Gasteiger partial charge in [-0.2, -0.15) is 0 Å². The molecule has 0 aliphatic heterocycles. The summed E-state index contributed by atoms with van der Waals surface area (Å²) in [6.45, 7) is 0. The molecular weight excluding hydrogens is 282 g/mol. The van der Waals surface area contributed by atoms with Crippen molar-refractivity contribution in [2.45, 2.75) is 12.0 Å². The summed E-state index contributed by atoms with van der Waals surface area (Å²) in [5, 5.41) is 33.3. The highest BCUT2D eigenvalue weighted by Gasteiger charge is 2.51. The third-order valence-corrected chi connectivity index (χ3v) is 3.20. The molecule has 0 aromatic heterocycles. The summed E-state index contributed by atoms with van der Waals surface area (Å²) in [5.41, 5.74) is -3.08. The van der Waals surface area contributed by atoms with E-state index in [0.29, 0.717) is 0 Å². The van der Waals surface area contributed by atoms with Crippen LogP contribution in [0.5, 0.6) is 0 Å². The maximum Gasteiger partial charge on any atom is 0.282 e. The van der Waals surface area contributed by atoms with E-state index in [-0.39, 0.29) is 5.56 Å². The van der Waals surface area contributed by atoms with Gasteiger partial charge >= 0.3 is 0 Å². The van der Waals surface area contributed by atoms with Gasteiger partial charge < -0.3 is 0 Å². The fraction of sp³-hybridized carbons (Fsp3) is 0.167. The van der Waals surface area contributed by atoms with Gasteiger partial charge in [0.15, 0.2) is 0 Å². The van der Waals surface area contributed by atoms with E-state index in [0.717, 1.165) is 12.2 Å². The summed E-state index contributed by atoms with van der Waals surface area (Å²) in [4.78, 5) is 30.9. The third-order valence-electron chi connectivity index (χ3n) is 3.20. The first-order valence-electron chi connectivity index (χ1n) is 5.79. The topological polar surface area (TPSA) is 129 Å². The van der Waals surface area contributed by atoms with Crippen molar-refractivity contribution in [3.63, 3.8) is 0 Å². The van der Waals surface area contributed by atoms with E-state index in [9.17, 15) is 30.3 Å². The molecule has 0 radical (unpaired) electrons. The zero-order chi connectivity index (χ0) is 15.6. The number of nitrogens with zero attached hydrogens (tertiary/aromatic N) is 3. The van der Waals surface area contributed by atoms with Crippen LogP contribution in [-0.4, -0.2) is 14.8 Å². The van der Waals surface area contributed by atoms with Gasteiger partial charge in [-0.1, -0.05) is 30.3 Å². The predicted molar refractivity (Wildman–Crippen MR) is 69.9 cm³/mol. The summed E-state index contributed by atoms with van der Waals surface area (Å²) in [6, 6.07) is 7.52. The molecule has 0 amide bonds. The van der Waals surface area contributed by atoms with Crippen LogP contribution >= 0.6 is 0 Å². The molecule has 0 bridgehead atoms. The van der Waals surface area contributed by atoms with E-state index >= 15 is 0 Å². The van der Waals surface area contributed by atoms with Crippen molar-refractivity contribution in [3.8, 4) is 0 Å². The molecule has 9 nitrogen and oxygen atoms in total. The Labute approximate surface area is 117 Å². The van der Waals surface area contributed by atoms with Crippen LogP contribution in [0.2, 0.25) is 0 Å². The largest absolute Gasteiger partial charge is 0.282 e. The first-order valence-corrected chi connectivity index (χ1v) is 5.79. The van der Waals surface area contributed by atoms with Crippen LogP contribution in [-0.2, 0) is 5.54 Å². The molecule has 0 saturated heterocycles. The molecule has 1 aromatic rings. The number of hydrogen-bond acceptors (Lipinski definition) is 6. The Balaban J connectivity index is 2.67. The van der Waals surface area contributed by atoms with Crippen molar-refractivity contribution >= 4 is 0 Å². The lowest BCUT2D eigenvalue weighted by Gasteiger charge is -2.22. The van der Waals surface area contributed by atoms with Crippen LogP contribution < -0.4 is 0 Å². The van der Waals surface area contributed by atoms with Crippen molar-refractivity contribution in [1.82, 2.24) is 0 Å². The normalized spacial score (nSPS) is 21.1. The fourth-order valence-corrected chi connectivity index (χ4v) is 2.19. The lowest BCUT2D eigenvalue weighted by Crippen LogP contribution is -2.37. The van der Waals surface area contributed by atoms with E-state index in [1.165, 1.54) is 24.3 Å². The van der Waals surface area contributed by atoms with Crippen LogP contribution in [0.1, 0.15) is 12.0 Å². The standard InChI is InChI=1S/C12H9N3O6/c16-13(17)10-6-11(14(18)19)8-12(7-10,15(20)21)9-4-2-1-3-5-9/h1-7H,8H2. The third kappa shape index (κ3) is 2.48. The summed E-state index contributed by atoms with van der Waals surface area (Å²) < 4.78 is 0. The van der Waals surface area contributed by atoms with Gasteiger partial charge in [0.05, 0.1) is 22.0 Å². The average Bonchev–Trinajstić information content (AvgIpc) is 2.47. The van der Waals surface area contributed by atoms with Crippen LogP contribution in [0, 0.1) is 30.3 Å². The molecule has 1 aliphatic rings. The number of benzene rings is 1. The molecular formula is C12H9N3O6. The Kier molecular flexibility index (Phi) is 3.49. The van der Waals surface area contributed by atoms with Crippen molar-refractivity contribution in [2.75, 3.05) is 0 Å². The molecule has 1 aliphatic carbocycles. The SMILES string of the molecule is O=[N+]([O-])C1=CC(c2ccccc2)([N+](=O)[O-])CC([N+](=O)[O-])=C1. The van der Waals surface area contributed by atoms with Crippen LogP contribution in [0.15, 0.2) is 53.9 Å². The van der Waals surface area contributed by atoms with Gasteiger partial charge in [-0.05, 0) is 0 Å². The second-order valence-corrected chi connectivity index (χ2v) is 4.44. The Morgan fingerprint density at radius 2 is 1.57 bits per heavy atom. The van der Waals surface area contributed by atoms with Gasteiger partial charge in [0.25, 0.3) is 16.9 Å². The van der Waals surface area contributed by atoms with E-state index in [2.05, 4.69) is 0 Å². The van der Waals surface area contributed by atoms with E-state index in [1.807, 2.05) is 0 Å². The van der Waals surface area contributed by atoms with Crippen LogP contribution in [0.25, 0.3) is 0 Å². The minimum atomic E-state index is -2.01. The molecule has 108 valence electrons. The van der Waals surface area contributed by atoms with E-state index < -0.39 is 38.1 Å². The highest BCUT2D eigenvalue weighted by atomic mass is 16.6. The summed E-state index contributed by atoms with van der Waals surface area (Å²) in [5.74, 6) is 0. The van der Waals surface area contributed by atoms with Gasteiger partial charge in [0.1, 0.15) is 6.42 Å².